The molecule has 0 fully saturated rings. The predicted octanol–water partition coefficient (Wildman–Crippen LogP) is 5.25. The van der Waals surface area contributed by atoms with Crippen molar-refractivity contribution < 1.29 is 13.9 Å². The lowest BCUT2D eigenvalue weighted by molar-refractivity contribution is -0.116. The van der Waals surface area contributed by atoms with E-state index in [4.69, 9.17) is 9.15 Å². The molecule has 26 heavy (non-hydrogen) atoms. The third-order valence-electron chi connectivity index (χ3n) is 4.02. The van der Waals surface area contributed by atoms with E-state index in [0.29, 0.717) is 12.8 Å². The Morgan fingerprint density at radius 3 is 2.58 bits per heavy atom. The van der Waals surface area contributed by atoms with Gasteiger partial charge in [0.1, 0.15) is 17.3 Å². The smallest absolute Gasteiger partial charge is 0.224 e. The van der Waals surface area contributed by atoms with Crippen molar-refractivity contribution in [1.82, 2.24) is 0 Å². The van der Waals surface area contributed by atoms with E-state index in [2.05, 4.69) is 5.32 Å². The van der Waals surface area contributed by atoms with E-state index < -0.39 is 0 Å². The van der Waals surface area contributed by atoms with Gasteiger partial charge < -0.3 is 14.5 Å². The van der Waals surface area contributed by atoms with Crippen LogP contribution in [-0.2, 0) is 11.2 Å². The quantitative estimate of drug-likeness (QED) is 0.580. The first-order valence-electron chi connectivity index (χ1n) is 8.35. The van der Waals surface area contributed by atoms with Crippen molar-refractivity contribution >= 4 is 23.4 Å². The summed E-state index contributed by atoms with van der Waals surface area (Å²) in [6, 6.07) is 19.3. The van der Waals surface area contributed by atoms with Crippen LogP contribution in [0.1, 0.15) is 12.2 Å². The highest BCUT2D eigenvalue weighted by atomic mass is 32.2. The van der Waals surface area contributed by atoms with Gasteiger partial charge in [0.2, 0.25) is 5.91 Å². The molecule has 0 radical (unpaired) electrons. The van der Waals surface area contributed by atoms with Gasteiger partial charge in [-0.25, -0.2) is 0 Å². The number of hydrogen-bond acceptors (Lipinski definition) is 4. The summed E-state index contributed by atoms with van der Waals surface area (Å²) in [7, 11) is 1.64. The zero-order valence-electron chi connectivity index (χ0n) is 14.8. The van der Waals surface area contributed by atoms with Crippen molar-refractivity contribution in [3.8, 4) is 17.1 Å². The van der Waals surface area contributed by atoms with Gasteiger partial charge in [0.25, 0.3) is 0 Å². The lowest BCUT2D eigenvalue weighted by Crippen LogP contribution is -2.12. The maximum absolute atomic E-state index is 12.2. The summed E-state index contributed by atoms with van der Waals surface area (Å²) in [5.41, 5.74) is 1.83. The van der Waals surface area contributed by atoms with Crippen LogP contribution < -0.4 is 10.1 Å². The van der Waals surface area contributed by atoms with E-state index >= 15 is 0 Å². The van der Waals surface area contributed by atoms with E-state index in [0.717, 1.165) is 33.4 Å². The maximum Gasteiger partial charge on any atom is 0.224 e. The minimum absolute atomic E-state index is 0.0195. The average Bonchev–Trinajstić information content (AvgIpc) is 3.16. The Morgan fingerprint density at radius 1 is 1.08 bits per heavy atom. The average molecular weight is 367 g/mol. The van der Waals surface area contributed by atoms with Crippen LogP contribution in [0.3, 0.4) is 0 Å². The highest BCUT2D eigenvalue weighted by Gasteiger charge is 2.09. The first-order valence-corrected chi connectivity index (χ1v) is 9.58. The Hall–Kier alpha value is -2.66. The molecule has 4 nitrogen and oxygen atoms in total. The molecular formula is C21H21NO3S. The van der Waals surface area contributed by atoms with Crippen LogP contribution in [0, 0.1) is 0 Å². The normalized spacial score (nSPS) is 10.5. The largest absolute Gasteiger partial charge is 0.497 e. The molecule has 0 bridgehead atoms. The number of methoxy groups -OCH3 is 1. The van der Waals surface area contributed by atoms with Crippen LogP contribution in [0.2, 0.25) is 0 Å². The third kappa shape index (κ3) is 4.49. The molecule has 2 aromatic carbocycles. The van der Waals surface area contributed by atoms with Crippen molar-refractivity contribution in [3.05, 3.63) is 66.4 Å². The number of furan rings is 1. The molecule has 0 aliphatic heterocycles. The van der Waals surface area contributed by atoms with Gasteiger partial charge >= 0.3 is 0 Å². The van der Waals surface area contributed by atoms with Crippen LogP contribution in [0.5, 0.6) is 5.75 Å². The topological polar surface area (TPSA) is 51.5 Å². The van der Waals surface area contributed by atoms with Gasteiger partial charge in [0.05, 0.1) is 12.8 Å². The number of hydrogen-bond donors (Lipinski definition) is 1. The zero-order chi connectivity index (χ0) is 18.4. The van der Waals surface area contributed by atoms with Crippen LogP contribution in [0.25, 0.3) is 11.3 Å². The van der Waals surface area contributed by atoms with Gasteiger partial charge in [-0.2, -0.15) is 0 Å². The molecule has 5 heteroatoms. The van der Waals surface area contributed by atoms with Crippen molar-refractivity contribution in [2.45, 2.75) is 17.7 Å². The van der Waals surface area contributed by atoms with Gasteiger partial charge in [-0.3, -0.25) is 4.79 Å². The summed E-state index contributed by atoms with van der Waals surface area (Å²) in [5.74, 6) is 2.37. The molecule has 0 aliphatic carbocycles. The second-order valence-corrected chi connectivity index (χ2v) is 6.59. The number of aryl methyl sites for hydroxylation is 1. The molecule has 1 aromatic heterocycles. The summed E-state index contributed by atoms with van der Waals surface area (Å²) in [5, 5.41) is 2.97. The van der Waals surface area contributed by atoms with E-state index in [1.807, 2.05) is 66.9 Å². The maximum atomic E-state index is 12.2. The molecule has 1 amide bonds. The molecule has 0 aliphatic rings. The Bertz CT molecular complexity index is 871. The van der Waals surface area contributed by atoms with E-state index in [1.54, 1.807) is 18.9 Å². The number of amides is 1. The molecule has 3 aromatic rings. The second kappa shape index (κ2) is 8.63. The Balaban J connectivity index is 1.58. The fourth-order valence-corrected chi connectivity index (χ4v) is 3.17. The molecule has 0 saturated carbocycles. The van der Waals surface area contributed by atoms with Crippen molar-refractivity contribution in [3.63, 3.8) is 0 Å². The first-order chi connectivity index (χ1) is 12.7. The summed E-state index contributed by atoms with van der Waals surface area (Å²) >= 11 is 1.61. The lowest BCUT2D eigenvalue weighted by atomic mass is 10.2. The fourth-order valence-electron chi connectivity index (χ4n) is 2.62. The monoisotopic (exact) mass is 367 g/mol. The molecule has 1 heterocycles. The van der Waals surface area contributed by atoms with Crippen LogP contribution in [-0.4, -0.2) is 19.3 Å². The number of ether oxygens (including phenoxy) is 1. The molecule has 0 atom stereocenters. The highest BCUT2D eigenvalue weighted by molar-refractivity contribution is 7.98. The van der Waals surface area contributed by atoms with Crippen LogP contribution >= 0.6 is 11.8 Å². The van der Waals surface area contributed by atoms with Gasteiger partial charge in [0, 0.05) is 23.3 Å². The molecule has 1 N–H and O–H groups in total. The van der Waals surface area contributed by atoms with Crippen molar-refractivity contribution in [1.29, 1.82) is 0 Å². The SMILES string of the molecule is COc1ccc(-c2ccc(CCC(=O)Nc3ccccc3SC)o2)cc1. The summed E-state index contributed by atoms with van der Waals surface area (Å²) in [6.07, 6.45) is 2.93. The predicted molar refractivity (Wildman–Crippen MR) is 106 cm³/mol. The molecule has 0 spiro atoms. The number of carbonyl (C=O) groups is 1. The number of thioether (sulfide) groups is 1. The van der Waals surface area contributed by atoms with E-state index in [-0.39, 0.29) is 5.91 Å². The summed E-state index contributed by atoms with van der Waals surface area (Å²) in [4.78, 5) is 13.3. The van der Waals surface area contributed by atoms with Crippen LogP contribution in [0.4, 0.5) is 5.69 Å². The molecule has 134 valence electrons. The van der Waals surface area contributed by atoms with Crippen molar-refractivity contribution in [2.75, 3.05) is 18.7 Å². The standard InChI is InChI=1S/C21H21NO3S/c1-24-16-9-7-15(8-10-16)19-13-11-17(25-19)12-14-21(23)22-18-5-3-4-6-20(18)26-2/h3-11,13H,12,14H2,1-2H3,(H,22,23). The summed E-state index contributed by atoms with van der Waals surface area (Å²) < 4.78 is 11.0. The summed E-state index contributed by atoms with van der Waals surface area (Å²) in [6.45, 7) is 0. The van der Waals surface area contributed by atoms with Gasteiger partial charge in [0.15, 0.2) is 0 Å². The first kappa shape index (κ1) is 18.1. The Kier molecular flexibility index (Phi) is 6.02. The van der Waals surface area contributed by atoms with Gasteiger partial charge in [-0.05, 0) is 54.8 Å². The second-order valence-electron chi connectivity index (χ2n) is 5.74. The van der Waals surface area contributed by atoms with Crippen molar-refractivity contribution in [2.24, 2.45) is 0 Å². The third-order valence-corrected chi connectivity index (χ3v) is 4.81. The highest BCUT2D eigenvalue weighted by Crippen LogP contribution is 2.26. The molecule has 0 saturated heterocycles. The Labute approximate surface area is 157 Å². The Morgan fingerprint density at radius 2 is 1.85 bits per heavy atom. The number of carbonyl (C=O) groups excluding carboxylic acids is 1. The number of benzene rings is 2. The number of para-hydroxylation sites is 1. The number of nitrogens with one attached hydrogen (secondary N) is 1. The molecule has 3 rings (SSSR count). The minimum Gasteiger partial charge on any atom is -0.497 e. The molecule has 0 unspecified atom stereocenters. The van der Waals surface area contributed by atoms with E-state index in [1.165, 1.54) is 0 Å². The lowest BCUT2D eigenvalue weighted by Gasteiger charge is -2.08. The van der Waals surface area contributed by atoms with Crippen LogP contribution in [0.15, 0.2) is 70.0 Å². The molecular weight excluding hydrogens is 346 g/mol. The number of rotatable bonds is 7. The zero-order valence-corrected chi connectivity index (χ0v) is 15.6. The number of anilines is 1. The van der Waals surface area contributed by atoms with E-state index in [9.17, 15) is 4.79 Å². The van der Waals surface area contributed by atoms with Gasteiger partial charge in [-0.15, -0.1) is 11.8 Å². The fraction of sp³-hybridized carbons (Fsp3) is 0.190. The van der Waals surface area contributed by atoms with Gasteiger partial charge in [-0.1, -0.05) is 12.1 Å². The minimum atomic E-state index is -0.0195.